The lowest BCUT2D eigenvalue weighted by Gasteiger charge is -2.30. The van der Waals surface area contributed by atoms with Gasteiger partial charge in [-0.3, -0.25) is 0 Å². The Balaban J connectivity index is 1.68. The average Bonchev–Trinajstić information content (AvgIpc) is 2.24. The van der Waals surface area contributed by atoms with Crippen LogP contribution in [-0.2, 0) is 18.9 Å². The van der Waals surface area contributed by atoms with Gasteiger partial charge in [0.25, 0.3) is 0 Å². The Hall–Kier alpha value is 0.320. The van der Waals surface area contributed by atoms with Gasteiger partial charge in [0, 0.05) is 11.9 Å². The normalized spacial score (nSPS) is 24.4. The highest BCUT2D eigenvalue weighted by Gasteiger charge is 2.26. The van der Waals surface area contributed by atoms with Crippen molar-refractivity contribution in [1.29, 1.82) is 0 Å². The summed E-state index contributed by atoms with van der Waals surface area (Å²) in [6.07, 6.45) is 2.69. The van der Waals surface area contributed by atoms with E-state index >= 15 is 0 Å². The maximum Gasteiger partial charge on any atom is 0.0704 e. The summed E-state index contributed by atoms with van der Waals surface area (Å²) in [7, 11) is 1.66. The van der Waals surface area contributed by atoms with Crippen LogP contribution in [0.4, 0.5) is 0 Å². The molecule has 1 saturated carbocycles. The molecule has 0 aromatic heterocycles. The molecule has 1 rings (SSSR count). The van der Waals surface area contributed by atoms with Gasteiger partial charge in [-0.25, -0.2) is 0 Å². The smallest absolute Gasteiger partial charge is 0.0704 e. The van der Waals surface area contributed by atoms with Crippen LogP contribution in [0.15, 0.2) is 0 Å². The Labute approximate surface area is 106 Å². The molecule has 1 aliphatic rings. The summed E-state index contributed by atoms with van der Waals surface area (Å²) >= 11 is 3.53. The Bertz CT molecular complexity index is 162. The third-order valence-electron chi connectivity index (χ3n) is 2.42. The maximum absolute atomic E-state index is 5.58. The second-order valence-electron chi connectivity index (χ2n) is 3.78. The van der Waals surface area contributed by atoms with E-state index < -0.39 is 0 Å². The number of methoxy groups -OCH3 is 1. The third-order valence-corrected chi connectivity index (χ3v) is 3.17. The molecule has 1 aliphatic carbocycles. The first kappa shape index (κ1) is 14.4. The van der Waals surface area contributed by atoms with Crippen molar-refractivity contribution in [3.05, 3.63) is 0 Å². The van der Waals surface area contributed by atoms with Crippen LogP contribution in [0.1, 0.15) is 12.8 Å². The number of rotatable bonds is 10. The van der Waals surface area contributed by atoms with Crippen LogP contribution in [0.2, 0.25) is 0 Å². The van der Waals surface area contributed by atoms with Crippen LogP contribution in [0, 0.1) is 0 Å². The van der Waals surface area contributed by atoms with Gasteiger partial charge in [-0.1, -0.05) is 15.9 Å². The summed E-state index contributed by atoms with van der Waals surface area (Å²) < 4.78 is 21.0. The van der Waals surface area contributed by atoms with Crippen molar-refractivity contribution < 1.29 is 18.9 Å². The third kappa shape index (κ3) is 6.81. The van der Waals surface area contributed by atoms with Gasteiger partial charge in [-0.2, -0.15) is 0 Å². The van der Waals surface area contributed by atoms with Crippen LogP contribution in [0.5, 0.6) is 0 Å². The van der Waals surface area contributed by atoms with E-state index in [-0.39, 0.29) is 0 Å². The molecule has 0 aliphatic heterocycles. The number of hydrogen-bond acceptors (Lipinski definition) is 4. The highest BCUT2D eigenvalue weighted by Crippen LogP contribution is 2.29. The molecule has 0 unspecified atom stereocenters. The highest BCUT2D eigenvalue weighted by molar-refractivity contribution is 9.09. The average molecular weight is 297 g/mol. The highest BCUT2D eigenvalue weighted by atomic mass is 79.9. The van der Waals surface area contributed by atoms with E-state index in [4.69, 9.17) is 18.9 Å². The standard InChI is InChI=1S/C11H21BrO4/c1-13-2-3-14-4-5-15-6-7-16-11-8-10(12)9-11/h10-11H,2-9H2,1H3. The van der Waals surface area contributed by atoms with Gasteiger partial charge in [0.15, 0.2) is 0 Å². The van der Waals surface area contributed by atoms with Crippen molar-refractivity contribution in [2.75, 3.05) is 46.8 Å². The van der Waals surface area contributed by atoms with Crippen molar-refractivity contribution in [3.63, 3.8) is 0 Å². The van der Waals surface area contributed by atoms with Crippen LogP contribution in [-0.4, -0.2) is 57.7 Å². The zero-order valence-corrected chi connectivity index (χ0v) is 11.4. The van der Waals surface area contributed by atoms with E-state index in [0.29, 0.717) is 50.6 Å². The monoisotopic (exact) mass is 296 g/mol. The van der Waals surface area contributed by atoms with E-state index in [1.165, 1.54) is 0 Å². The van der Waals surface area contributed by atoms with Crippen molar-refractivity contribution in [1.82, 2.24) is 0 Å². The largest absolute Gasteiger partial charge is 0.382 e. The SMILES string of the molecule is COCCOCCOCCOC1CC(Br)C1. The van der Waals surface area contributed by atoms with Crippen LogP contribution >= 0.6 is 15.9 Å². The van der Waals surface area contributed by atoms with Crippen molar-refractivity contribution in [2.45, 2.75) is 23.8 Å². The molecule has 0 bridgehead atoms. The molecule has 4 nitrogen and oxygen atoms in total. The van der Waals surface area contributed by atoms with Crippen molar-refractivity contribution in [2.24, 2.45) is 0 Å². The molecule has 1 fully saturated rings. The first-order chi connectivity index (χ1) is 7.83. The first-order valence-corrected chi connectivity index (χ1v) is 6.64. The fraction of sp³-hybridized carbons (Fsp3) is 1.00. The fourth-order valence-electron chi connectivity index (χ4n) is 1.38. The Morgan fingerprint density at radius 1 is 0.938 bits per heavy atom. The molecule has 0 aromatic carbocycles. The molecule has 0 saturated heterocycles. The lowest BCUT2D eigenvalue weighted by Crippen LogP contribution is -2.32. The Morgan fingerprint density at radius 3 is 2.06 bits per heavy atom. The maximum atomic E-state index is 5.58. The van der Waals surface area contributed by atoms with Gasteiger partial charge >= 0.3 is 0 Å². The van der Waals surface area contributed by atoms with E-state index in [9.17, 15) is 0 Å². The number of ether oxygens (including phenoxy) is 4. The molecule has 0 N–H and O–H groups in total. The fourth-order valence-corrected chi connectivity index (χ4v) is 2.21. The quantitative estimate of drug-likeness (QED) is 0.453. The zero-order valence-electron chi connectivity index (χ0n) is 9.82. The number of halogens is 1. The van der Waals surface area contributed by atoms with Crippen molar-refractivity contribution >= 4 is 15.9 Å². The molecule has 5 heteroatoms. The van der Waals surface area contributed by atoms with E-state index in [1.54, 1.807) is 7.11 Å². The molecule has 0 heterocycles. The molecular formula is C11H21BrO4. The van der Waals surface area contributed by atoms with Gasteiger partial charge in [0.2, 0.25) is 0 Å². The first-order valence-electron chi connectivity index (χ1n) is 5.73. The zero-order chi connectivity index (χ0) is 11.6. The molecule has 0 amide bonds. The Kier molecular flexibility index (Phi) is 8.41. The summed E-state index contributed by atoms with van der Waals surface area (Å²) in [5, 5.41) is 0. The molecule has 0 atom stereocenters. The molecule has 16 heavy (non-hydrogen) atoms. The molecule has 0 radical (unpaired) electrons. The van der Waals surface area contributed by atoms with Gasteiger partial charge in [-0.15, -0.1) is 0 Å². The lowest BCUT2D eigenvalue weighted by atomic mass is 9.96. The molecular weight excluding hydrogens is 276 g/mol. The second kappa shape index (κ2) is 9.36. The number of hydrogen-bond donors (Lipinski definition) is 0. The minimum Gasteiger partial charge on any atom is -0.382 e. The minimum absolute atomic E-state index is 0.436. The number of alkyl halides is 1. The van der Waals surface area contributed by atoms with Crippen LogP contribution in [0.25, 0.3) is 0 Å². The second-order valence-corrected chi connectivity index (χ2v) is 5.07. The minimum atomic E-state index is 0.436. The molecule has 0 spiro atoms. The van der Waals surface area contributed by atoms with Gasteiger partial charge in [0.05, 0.1) is 45.7 Å². The van der Waals surface area contributed by atoms with Gasteiger partial charge < -0.3 is 18.9 Å². The summed E-state index contributed by atoms with van der Waals surface area (Å²) in [5.74, 6) is 0. The molecule has 0 aromatic rings. The molecule has 96 valence electrons. The van der Waals surface area contributed by atoms with E-state index in [2.05, 4.69) is 15.9 Å². The topological polar surface area (TPSA) is 36.9 Å². The summed E-state index contributed by atoms with van der Waals surface area (Å²) in [6, 6.07) is 0. The van der Waals surface area contributed by atoms with E-state index in [1.807, 2.05) is 0 Å². The summed E-state index contributed by atoms with van der Waals surface area (Å²) in [6.45, 7) is 3.85. The predicted octanol–water partition coefficient (Wildman–Crippen LogP) is 1.61. The Morgan fingerprint density at radius 2 is 1.50 bits per heavy atom. The van der Waals surface area contributed by atoms with Gasteiger partial charge in [-0.05, 0) is 12.8 Å². The van der Waals surface area contributed by atoms with Gasteiger partial charge in [0.1, 0.15) is 0 Å². The van der Waals surface area contributed by atoms with Crippen LogP contribution in [0.3, 0.4) is 0 Å². The summed E-state index contributed by atoms with van der Waals surface area (Å²) in [4.78, 5) is 0.660. The lowest BCUT2D eigenvalue weighted by molar-refractivity contribution is -0.0361. The van der Waals surface area contributed by atoms with Crippen LogP contribution < -0.4 is 0 Å². The van der Waals surface area contributed by atoms with E-state index in [0.717, 1.165) is 12.8 Å². The predicted molar refractivity (Wildman–Crippen MR) is 65.2 cm³/mol. The summed E-state index contributed by atoms with van der Waals surface area (Å²) in [5.41, 5.74) is 0. The van der Waals surface area contributed by atoms with Crippen molar-refractivity contribution in [3.8, 4) is 0 Å².